The highest BCUT2D eigenvalue weighted by atomic mass is 35.5. The van der Waals surface area contributed by atoms with Crippen molar-refractivity contribution in [1.82, 2.24) is 5.43 Å². The summed E-state index contributed by atoms with van der Waals surface area (Å²) in [6.45, 7) is 7.38. The largest absolute Gasteiger partial charge is 0.422 e. The molecule has 0 radical (unpaired) electrons. The maximum atomic E-state index is 12.5. The van der Waals surface area contributed by atoms with Gasteiger partial charge in [-0.15, -0.1) is 0 Å². The Morgan fingerprint density at radius 1 is 0.914 bits per heavy atom. The minimum atomic E-state index is -0.529. The molecule has 0 fully saturated rings. The Hall–Kier alpha value is -3.97. The SMILES string of the molecule is Cc1ccc(C(=O)Oc2ccc(Cl)cc2/C=N/NC(=O)c2ccc(NC(=O)C(C)(C)C)cc2)cc1. The minimum Gasteiger partial charge on any atom is -0.422 e. The number of carbonyl (C=O) groups excluding carboxylic acids is 3. The second-order valence-electron chi connectivity index (χ2n) is 8.92. The lowest BCUT2D eigenvalue weighted by atomic mass is 9.95. The number of halogens is 1. The molecule has 8 heteroatoms. The van der Waals surface area contributed by atoms with Crippen LogP contribution in [0.1, 0.15) is 52.6 Å². The number of nitrogens with one attached hydrogen (secondary N) is 2. The molecule has 0 aromatic heterocycles. The van der Waals surface area contributed by atoms with Crippen LogP contribution in [0.4, 0.5) is 5.69 Å². The van der Waals surface area contributed by atoms with Crippen LogP contribution in [0.15, 0.2) is 71.8 Å². The summed E-state index contributed by atoms with van der Waals surface area (Å²) in [6.07, 6.45) is 1.35. The van der Waals surface area contributed by atoms with Gasteiger partial charge in [0.15, 0.2) is 0 Å². The maximum absolute atomic E-state index is 12.5. The zero-order chi connectivity index (χ0) is 25.6. The molecule has 3 aromatic carbocycles. The van der Waals surface area contributed by atoms with Crippen LogP contribution in [0.2, 0.25) is 5.02 Å². The van der Waals surface area contributed by atoms with E-state index in [1.807, 2.05) is 39.8 Å². The van der Waals surface area contributed by atoms with Crippen molar-refractivity contribution in [2.24, 2.45) is 10.5 Å². The summed E-state index contributed by atoms with van der Waals surface area (Å²) < 4.78 is 5.50. The van der Waals surface area contributed by atoms with E-state index in [2.05, 4.69) is 15.8 Å². The van der Waals surface area contributed by atoms with Crippen molar-refractivity contribution in [3.8, 4) is 5.75 Å². The first kappa shape index (κ1) is 25.6. The lowest BCUT2D eigenvalue weighted by molar-refractivity contribution is -0.123. The summed E-state index contributed by atoms with van der Waals surface area (Å²) in [4.78, 5) is 37.0. The standard InChI is InChI=1S/C27H26ClN3O4/c1-17-5-7-19(8-6-17)25(33)35-23-14-11-21(28)15-20(23)16-29-31-24(32)18-9-12-22(13-10-18)30-26(34)27(2,3)4/h5-16H,1-4H3,(H,30,34)(H,31,32)/b29-16+. The van der Waals surface area contributed by atoms with Crippen LogP contribution in [-0.4, -0.2) is 24.0 Å². The first-order valence-corrected chi connectivity index (χ1v) is 11.2. The van der Waals surface area contributed by atoms with Gasteiger partial charge in [0.2, 0.25) is 5.91 Å². The summed E-state index contributed by atoms with van der Waals surface area (Å²) in [6, 6.07) is 18.2. The molecule has 0 aliphatic heterocycles. The number of anilines is 1. The van der Waals surface area contributed by atoms with Crippen LogP contribution in [0.5, 0.6) is 5.75 Å². The molecule has 0 spiro atoms. The zero-order valence-corrected chi connectivity index (χ0v) is 20.6. The fourth-order valence-corrected chi connectivity index (χ4v) is 2.99. The summed E-state index contributed by atoms with van der Waals surface area (Å²) in [5.41, 5.74) is 4.69. The van der Waals surface area contributed by atoms with Gasteiger partial charge < -0.3 is 10.1 Å². The van der Waals surface area contributed by atoms with Crippen molar-refractivity contribution in [2.45, 2.75) is 27.7 Å². The number of ether oxygens (including phenoxy) is 1. The van der Waals surface area contributed by atoms with E-state index in [4.69, 9.17) is 16.3 Å². The lowest BCUT2D eigenvalue weighted by Gasteiger charge is -2.17. The quantitative estimate of drug-likeness (QED) is 0.202. The molecule has 2 amide bonds. The summed E-state index contributed by atoms with van der Waals surface area (Å²) >= 11 is 6.08. The van der Waals surface area contributed by atoms with Gasteiger partial charge in [-0.05, 0) is 61.5 Å². The van der Waals surface area contributed by atoms with Crippen molar-refractivity contribution in [3.05, 3.63) is 94.0 Å². The number of amides is 2. The van der Waals surface area contributed by atoms with E-state index in [-0.39, 0.29) is 11.7 Å². The van der Waals surface area contributed by atoms with Crippen molar-refractivity contribution in [1.29, 1.82) is 0 Å². The normalized spacial score (nSPS) is 11.2. The molecule has 35 heavy (non-hydrogen) atoms. The van der Waals surface area contributed by atoms with Crippen LogP contribution in [0.25, 0.3) is 0 Å². The number of nitrogens with zero attached hydrogens (tertiary/aromatic N) is 1. The predicted molar refractivity (Wildman–Crippen MR) is 137 cm³/mol. The third-order valence-electron chi connectivity index (χ3n) is 4.92. The van der Waals surface area contributed by atoms with Crippen LogP contribution >= 0.6 is 11.6 Å². The second kappa shape index (κ2) is 11.0. The topological polar surface area (TPSA) is 96.9 Å². The molecule has 0 saturated carbocycles. The molecule has 0 bridgehead atoms. The smallest absolute Gasteiger partial charge is 0.343 e. The Labute approximate surface area is 209 Å². The Balaban J connectivity index is 1.66. The number of carbonyl (C=O) groups is 3. The third-order valence-corrected chi connectivity index (χ3v) is 5.15. The summed E-state index contributed by atoms with van der Waals surface area (Å²) in [7, 11) is 0. The van der Waals surface area contributed by atoms with E-state index in [9.17, 15) is 14.4 Å². The first-order valence-electron chi connectivity index (χ1n) is 10.9. The first-order chi connectivity index (χ1) is 16.5. The van der Waals surface area contributed by atoms with Gasteiger partial charge in [0.25, 0.3) is 5.91 Å². The van der Waals surface area contributed by atoms with E-state index >= 15 is 0 Å². The van der Waals surface area contributed by atoms with Crippen molar-refractivity contribution in [3.63, 3.8) is 0 Å². The number of rotatable bonds is 6. The van der Waals surface area contributed by atoms with Crippen LogP contribution in [0.3, 0.4) is 0 Å². The number of aryl methyl sites for hydroxylation is 1. The highest BCUT2D eigenvalue weighted by Crippen LogP contribution is 2.23. The van der Waals surface area contributed by atoms with Gasteiger partial charge in [0.05, 0.1) is 11.8 Å². The van der Waals surface area contributed by atoms with Crippen molar-refractivity contribution >= 4 is 41.3 Å². The van der Waals surface area contributed by atoms with E-state index in [1.54, 1.807) is 54.6 Å². The molecule has 0 unspecified atom stereocenters. The maximum Gasteiger partial charge on any atom is 0.343 e. The number of hydrazone groups is 1. The molecule has 0 saturated heterocycles. The number of benzene rings is 3. The Bertz CT molecular complexity index is 1260. The van der Waals surface area contributed by atoms with Gasteiger partial charge >= 0.3 is 5.97 Å². The summed E-state index contributed by atoms with van der Waals surface area (Å²) in [5, 5.41) is 7.19. The average Bonchev–Trinajstić information content (AvgIpc) is 2.81. The van der Waals surface area contributed by atoms with Gasteiger partial charge in [-0.1, -0.05) is 50.1 Å². The Morgan fingerprint density at radius 2 is 1.54 bits per heavy atom. The fourth-order valence-electron chi connectivity index (χ4n) is 2.81. The highest BCUT2D eigenvalue weighted by molar-refractivity contribution is 6.31. The minimum absolute atomic E-state index is 0.125. The van der Waals surface area contributed by atoms with Crippen molar-refractivity contribution in [2.75, 3.05) is 5.32 Å². The molecule has 0 heterocycles. The molecule has 0 atom stereocenters. The number of hydrogen-bond acceptors (Lipinski definition) is 5. The van der Waals surface area contributed by atoms with Gasteiger partial charge in [-0.25, -0.2) is 10.2 Å². The van der Waals surface area contributed by atoms with Gasteiger partial charge in [-0.2, -0.15) is 5.10 Å². The van der Waals surface area contributed by atoms with Gasteiger partial charge in [-0.3, -0.25) is 9.59 Å². The third kappa shape index (κ3) is 7.25. The molecule has 3 rings (SSSR count). The fraction of sp³-hybridized carbons (Fsp3) is 0.185. The van der Waals surface area contributed by atoms with E-state index in [1.165, 1.54) is 6.21 Å². The predicted octanol–water partition coefficient (Wildman–Crippen LogP) is 5.62. The van der Waals surface area contributed by atoms with Crippen LogP contribution in [-0.2, 0) is 4.79 Å². The van der Waals surface area contributed by atoms with Crippen molar-refractivity contribution < 1.29 is 19.1 Å². The van der Waals surface area contributed by atoms with Gasteiger partial charge in [0, 0.05) is 27.3 Å². The highest BCUT2D eigenvalue weighted by Gasteiger charge is 2.21. The molecule has 3 aromatic rings. The van der Waals surface area contributed by atoms with Crippen LogP contribution < -0.4 is 15.5 Å². The molecular formula is C27H26ClN3O4. The van der Waals surface area contributed by atoms with E-state index < -0.39 is 17.3 Å². The second-order valence-corrected chi connectivity index (χ2v) is 9.35. The molecule has 0 aliphatic carbocycles. The number of hydrogen-bond donors (Lipinski definition) is 2. The van der Waals surface area contributed by atoms with E-state index in [0.29, 0.717) is 27.4 Å². The average molecular weight is 492 g/mol. The number of esters is 1. The van der Waals surface area contributed by atoms with E-state index in [0.717, 1.165) is 5.56 Å². The molecular weight excluding hydrogens is 466 g/mol. The molecule has 2 N–H and O–H groups in total. The zero-order valence-electron chi connectivity index (χ0n) is 19.9. The summed E-state index contributed by atoms with van der Waals surface area (Å²) in [5.74, 6) is -0.851. The van der Waals surface area contributed by atoms with Crippen LogP contribution in [0, 0.1) is 12.3 Å². The van der Waals surface area contributed by atoms with Gasteiger partial charge in [0.1, 0.15) is 5.75 Å². The molecule has 0 aliphatic rings. The Morgan fingerprint density at radius 3 is 2.17 bits per heavy atom. The monoisotopic (exact) mass is 491 g/mol. The molecule has 180 valence electrons. The molecule has 7 nitrogen and oxygen atoms in total. The Kier molecular flexibility index (Phi) is 8.04. The lowest BCUT2D eigenvalue weighted by Crippen LogP contribution is -2.27.